The van der Waals surface area contributed by atoms with E-state index in [0.717, 1.165) is 34.1 Å². The predicted octanol–water partition coefficient (Wildman–Crippen LogP) is 2.29. The van der Waals surface area contributed by atoms with Crippen LogP contribution in [0.5, 0.6) is 5.75 Å². The molecule has 0 fully saturated rings. The van der Waals surface area contributed by atoms with E-state index in [-0.39, 0.29) is 6.04 Å². The lowest BCUT2D eigenvalue weighted by molar-refractivity contribution is 0.398. The summed E-state index contributed by atoms with van der Waals surface area (Å²) >= 11 is 6.32. The van der Waals surface area contributed by atoms with Gasteiger partial charge in [0.05, 0.1) is 29.7 Å². The van der Waals surface area contributed by atoms with Crippen LogP contribution < -0.4 is 10.1 Å². The third kappa shape index (κ3) is 2.78. The normalized spacial score (nSPS) is 12.4. The van der Waals surface area contributed by atoms with Crippen LogP contribution in [0.2, 0.25) is 5.02 Å². The molecule has 0 saturated carbocycles. The highest BCUT2D eigenvalue weighted by molar-refractivity contribution is 6.31. The van der Waals surface area contributed by atoms with E-state index < -0.39 is 0 Å². The molecule has 0 aliphatic heterocycles. The van der Waals surface area contributed by atoms with Crippen molar-refractivity contribution in [3.05, 3.63) is 40.4 Å². The van der Waals surface area contributed by atoms with Crippen molar-refractivity contribution >= 4 is 11.6 Å². The Kier molecular flexibility index (Phi) is 4.62. The molecule has 0 bridgehead atoms. The summed E-state index contributed by atoms with van der Waals surface area (Å²) in [6, 6.07) is 2.04. The van der Waals surface area contributed by atoms with Crippen molar-refractivity contribution in [2.75, 3.05) is 14.2 Å². The van der Waals surface area contributed by atoms with E-state index >= 15 is 0 Å². The van der Waals surface area contributed by atoms with Gasteiger partial charge in [-0.15, -0.1) is 0 Å². The molecular formula is C14H19ClN4O. The monoisotopic (exact) mass is 294 g/mol. The van der Waals surface area contributed by atoms with Gasteiger partial charge in [0.2, 0.25) is 0 Å². The summed E-state index contributed by atoms with van der Waals surface area (Å²) in [6.07, 6.45) is 4.21. The fourth-order valence-corrected chi connectivity index (χ4v) is 2.55. The molecule has 1 N–H and O–H groups in total. The van der Waals surface area contributed by atoms with Crippen LogP contribution in [0.4, 0.5) is 0 Å². The molecule has 0 aliphatic carbocycles. The van der Waals surface area contributed by atoms with Gasteiger partial charge in [-0.2, -0.15) is 5.10 Å². The Balaban J connectivity index is 2.34. The Morgan fingerprint density at radius 3 is 2.80 bits per heavy atom. The highest BCUT2D eigenvalue weighted by atomic mass is 35.5. The van der Waals surface area contributed by atoms with Crippen molar-refractivity contribution in [1.82, 2.24) is 20.1 Å². The van der Waals surface area contributed by atoms with Crippen molar-refractivity contribution in [2.24, 2.45) is 7.05 Å². The fraction of sp³-hybridized carbons (Fsp3) is 0.429. The molecule has 1 atom stereocenters. The zero-order chi connectivity index (χ0) is 14.7. The lowest BCUT2D eigenvalue weighted by atomic mass is 10.0. The summed E-state index contributed by atoms with van der Waals surface area (Å²) in [4.78, 5) is 4.08. The number of methoxy groups -OCH3 is 1. The smallest absolute Gasteiger partial charge is 0.141 e. The van der Waals surface area contributed by atoms with Crippen LogP contribution in [0.3, 0.4) is 0 Å². The molecule has 0 aliphatic rings. The highest BCUT2D eigenvalue weighted by Crippen LogP contribution is 2.29. The molecule has 108 valence electrons. The second kappa shape index (κ2) is 6.24. The molecule has 5 nitrogen and oxygen atoms in total. The van der Waals surface area contributed by atoms with E-state index in [2.05, 4.69) is 15.4 Å². The Labute approximate surface area is 123 Å². The van der Waals surface area contributed by atoms with Gasteiger partial charge in [0.1, 0.15) is 5.75 Å². The molecule has 2 aromatic heterocycles. The summed E-state index contributed by atoms with van der Waals surface area (Å²) in [5, 5.41) is 8.37. The number of pyridine rings is 1. The fourth-order valence-electron chi connectivity index (χ4n) is 2.31. The molecule has 1 unspecified atom stereocenters. The van der Waals surface area contributed by atoms with Crippen LogP contribution in [-0.2, 0) is 13.5 Å². The Hall–Kier alpha value is -1.59. The Bertz CT molecular complexity index is 597. The quantitative estimate of drug-likeness (QED) is 0.919. The summed E-state index contributed by atoms with van der Waals surface area (Å²) in [5.74, 6) is 0.766. The molecule has 2 rings (SSSR count). The van der Waals surface area contributed by atoms with Gasteiger partial charge < -0.3 is 10.1 Å². The molecule has 0 aromatic carbocycles. The van der Waals surface area contributed by atoms with Crippen LogP contribution in [0.1, 0.15) is 23.0 Å². The zero-order valence-corrected chi connectivity index (χ0v) is 12.9. The van der Waals surface area contributed by atoms with Crippen molar-refractivity contribution in [3.8, 4) is 5.75 Å². The van der Waals surface area contributed by atoms with Crippen molar-refractivity contribution in [1.29, 1.82) is 0 Å². The van der Waals surface area contributed by atoms with Crippen LogP contribution in [0.25, 0.3) is 0 Å². The van der Waals surface area contributed by atoms with Gasteiger partial charge in [-0.25, -0.2) is 0 Å². The average molecular weight is 295 g/mol. The van der Waals surface area contributed by atoms with Crippen molar-refractivity contribution in [2.45, 2.75) is 19.4 Å². The van der Waals surface area contributed by atoms with Crippen LogP contribution in [-0.4, -0.2) is 28.9 Å². The third-order valence-electron chi connectivity index (χ3n) is 3.42. The molecule has 0 radical (unpaired) electrons. The van der Waals surface area contributed by atoms with Crippen molar-refractivity contribution in [3.63, 3.8) is 0 Å². The largest absolute Gasteiger partial charge is 0.495 e. The predicted molar refractivity (Wildman–Crippen MR) is 79.2 cm³/mol. The number of aryl methyl sites for hydroxylation is 2. The van der Waals surface area contributed by atoms with Crippen LogP contribution in [0, 0.1) is 6.92 Å². The maximum atomic E-state index is 6.32. The number of ether oxygens (including phenoxy) is 1. The topological polar surface area (TPSA) is 52.0 Å². The van der Waals surface area contributed by atoms with Gasteiger partial charge in [-0.05, 0) is 20.0 Å². The molecule has 2 heterocycles. The molecular weight excluding hydrogens is 276 g/mol. The third-order valence-corrected chi connectivity index (χ3v) is 3.91. The van der Waals surface area contributed by atoms with E-state index in [1.54, 1.807) is 19.5 Å². The molecule has 0 saturated heterocycles. The maximum Gasteiger partial charge on any atom is 0.141 e. The molecule has 0 amide bonds. The number of halogens is 1. The minimum absolute atomic E-state index is 0.0836. The second-order valence-electron chi connectivity index (χ2n) is 4.63. The van der Waals surface area contributed by atoms with E-state index in [9.17, 15) is 0 Å². The lowest BCUT2D eigenvalue weighted by Crippen LogP contribution is -2.21. The van der Waals surface area contributed by atoms with Crippen molar-refractivity contribution < 1.29 is 4.74 Å². The van der Waals surface area contributed by atoms with E-state index in [0.29, 0.717) is 0 Å². The number of rotatable bonds is 5. The second-order valence-corrected chi connectivity index (χ2v) is 5.01. The zero-order valence-electron chi connectivity index (χ0n) is 12.1. The number of nitrogens with one attached hydrogen (secondary N) is 1. The van der Waals surface area contributed by atoms with Gasteiger partial charge in [-0.3, -0.25) is 9.67 Å². The first-order valence-corrected chi connectivity index (χ1v) is 6.79. The Morgan fingerprint density at radius 2 is 2.25 bits per heavy atom. The highest BCUT2D eigenvalue weighted by Gasteiger charge is 2.20. The van der Waals surface area contributed by atoms with E-state index in [4.69, 9.17) is 16.3 Å². The van der Waals surface area contributed by atoms with E-state index in [1.165, 1.54) is 0 Å². The number of nitrogens with zero attached hydrogens (tertiary/aromatic N) is 3. The van der Waals surface area contributed by atoms with Gasteiger partial charge in [0.15, 0.2) is 0 Å². The minimum atomic E-state index is 0.0836. The summed E-state index contributed by atoms with van der Waals surface area (Å²) in [6.45, 7) is 1.91. The number of likely N-dealkylation sites (N-methyl/N-ethyl adjacent to an activating group) is 1. The maximum absolute atomic E-state index is 6.32. The lowest BCUT2D eigenvalue weighted by Gasteiger charge is -2.19. The summed E-state index contributed by atoms with van der Waals surface area (Å²) in [7, 11) is 5.47. The van der Waals surface area contributed by atoms with Gasteiger partial charge >= 0.3 is 0 Å². The first kappa shape index (κ1) is 14.8. The van der Waals surface area contributed by atoms with Gasteiger partial charge in [0.25, 0.3) is 0 Å². The summed E-state index contributed by atoms with van der Waals surface area (Å²) in [5.41, 5.74) is 2.91. The van der Waals surface area contributed by atoms with E-state index in [1.807, 2.05) is 31.8 Å². The molecule has 20 heavy (non-hydrogen) atoms. The standard InChI is InChI=1S/C14H19ClN4O/c1-9-14(15)12(19(3)18-9)7-11(16-2)10-5-6-17-8-13(10)20-4/h5-6,8,11,16H,7H2,1-4H3. The minimum Gasteiger partial charge on any atom is -0.495 e. The molecule has 2 aromatic rings. The first-order valence-electron chi connectivity index (χ1n) is 6.41. The number of hydrogen-bond acceptors (Lipinski definition) is 4. The van der Waals surface area contributed by atoms with Gasteiger partial charge in [-0.1, -0.05) is 11.6 Å². The van der Waals surface area contributed by atoms with Gasteiger partial charge in [0, 0.05) is 31.3 Å². The van der Waals surface area contributed by atoms with Crippen LogP contribution >= 0.6 is 11.6 Å². The molecule has 0 spiro atoms. The first-order chi connectivity index (χ1) is 9.58. The molecule has 6 heteroatoms. The SMILES string of the molecule is CNC(Cc1c(Cl)c(C)nn1C)c1ccncc1OC. The Morgan fingerprint density at radius 1 is 1.50 bits per heavy atom. The number of aromatic nitrogens is 3. The number of hydrogen-bond donors (Lipinski definition) is 1. The summed E-state index contributed by atoms with van der Waals surface area (Å²) < 4.78 is 7.20. The van der Waals surface area contributed by atoms with Crippen LogP contribution in [0.15, 0.2) is 18.5 Å². The average Bonchev–Trinajstić information content (AvgIpc) is 2.70.